The van der Waals surface area contributed by atoms with E-state index < -0.39 is 5.97 Å². The minimum absolute atomic E-state index is 0.150. The highest BCUT2D eigenvalue weighted by atomic mass is 16.4. The molecule has 0 bridgehead atoms. The number of carboxylic acid groups (broad SMARTS) is 1. The van der Waals surface area contributed by atoms with Gasteiger partial charge in [0.15, 0.2) is 0 Å². The maximum Gasteiger partial charge on any atom is 0.335 e. The standard InChI is InChI=1S/C19H20N2O3/c1-2-8-21-11-15-7-6-13(9-16(15)12-21)18(22)20-17-5-3-4-14(10-17)19(23)24/h3-7,9-10H,2,8,11-12H2,1H3,(H,20,22)(H,23,24). The van der Waals surface area contributed by atoms with Crippen molar-refractivity contribution in [3.63, 3.8) is 0 Å². The summed E-state index contributed by atoms with van der Waals surface area (Å²) in [6.07, 6.45) is 1.11. The molecule has 0 saturated heterocycles. The van der Waals surface area contributed by atoms with Gasteiger partial charge >= 0.3 is 5.97 Å². The van der Waals surface area contributed by atoms with Crippen LogP contribution in [-0.2, 0) is 13.1 Å². The number of nitrogens with one attached hydrogen (secondary N) is 1. The first kappa shape index (κ1) is 16.2. The topological polar surface area (TPSA) is 69.6 Å². The Labute approximate surface area is 140 Å². The van der Waals surface area contributed by atoms with Crippen LogP contribution in [-0.4, -0.2) is 28.4 Å². The van der Waals surface area contributed by atoms with Crippen LogP contribution in [0.2, 0.25) is 0 Å². The normalized spacial score (nSPS) is 13.5. The quantitative estimate of drug-likeness (QED) is 0.885. The lowest BCUT2D eigenvalue weighted by Crippen LogP contribution is -2.16. The van der Waals surface area contributed by atoms with Crippen LogP contribution in [0.25, 0.3) is 0 Å². The van der Waals surface area contributed by atoms with E-state index in [2.05, 4.69) is 17.1 Å². The number of carboxylic acids is 1. The van der Waals surface area contributed by atoms with Crippen LogP contribution in [0.1, 0.15) is 45.2 Å². The molecule has 0 saturated carbocycles. The van der Waals surface area contributed by atoms with Crippen molar-refractivity contribution >= 4 is 17.6 Å². The summed E-state index contributed by atoms with van der Waals surface area (Å²) in [5.74, 6) is -1.24. The van der Waals surface area contributed by atoms with Gasteiger partial charge in [-0.05, 0) is 54.4 Å². The van der Waals surface area contributed by atoms with Crippen molar-refractivity contribution in [1.82, 2.24) is 4.90 Å². The molecule has 0 spiro atoms. The zero-order valence-electron chi connectivity index (χ0n) is 13.6. The first-order chi connectivity index (χ1) is 11.6. The van der Waals surface area contributed by atoms with E-state index in [9.17, 15) is 9.59 Å². The summed E-state index contributed by atoms with van der Waals surface area (Å²) >= 11 is 0. The fourth-order valence-corrected chi connectivity index (χ4v) is 3.01. The summed E-state index contributed by atoms with van der Waals surface area (Å²) in [7, 11) is 0. The number of carbonyl (C=O) groups is 2. The number of nitrogens with zero attached hydrogens (tertiary/aromatic N) is 1. The van der Waals surface area contributed by atoms with Crippen molar-refractivity contribution in [2.75, 3.05) is 11.9 Å². The van der Waals surface area contributed by atoms with Crippen LogP contribution in [0.4, 0.5) is 5.69 Å². The number of hydrogen-bond donors (Lipinski definition) is 2. The SMILES string of the molecule is CCCN1Cc2ccc(C(=O)Nc3cccc(C(=O)O)c3)cc2C1. The largest absolute Gasteiger partial charge is 0.478 e. The number of rotatable bonds is 5. The average Bonchev–Trinajstić information content (AvgIpc) is 2.96. The average molecular weight is 324 g/mol. The van der Waals surface area contributed by atoms with E-state index in [1.54, 1.807) is 12.1 Å². The number of benzene rings is 2. The zero-order chi connectivity index (χ0) is 17.1. The van der Waals surface area contributed by atoms with Gasteiger partial charge in [-0.3, -0.25) is 9.69 Å². The summed E-state index contributed by atoms with van der Waals surface area (Å²) in [5.41, 5.74) is 3.68. The molecule has 1 aliphatic rings. The van der Waals surface area contributed by atoms with Crippen LogP contribution in [0.15, 0.2) is 42.5 Å². The molecule has 3 rings (SSSR count). The predicted octanol–water partition coefficient (Wildman–Crippen LogP) is 3.36. The Morgan fingerprint density at radius 1 is 1.08 bits per heavy atom. The minimum atomic E-state index is -1.01. The number of anilines is 1. The lowest BCUT2D eigenvalue weighted by Gasteiger charge is -2.12. The summed E-state index contributed by atoms with van der Waals surface area (Å²) in [6.45, 7) is 5.02. The summed E-state index contributed by atoms with van der Waals surface area (Å²) in [5, 5.41) is 11.8. The fourth-order valence-electron chi connectivity index (χ4n) is 3.01. The molecule has 5 heteroatoms. The first-order valence-electron chi connectivity index (χ1n) is 8.05. The number of fused-ring (bicyclic) bond motifs is 1. The van der Waals surface area contributed by atoms with Gasteiger partial charge in [-0.25, -0.2) is 4.79 Å². The maximum absolute atomic E-state index is 12.4. The van der Waals surface area contributed by atoms with Crippen molar-refractivity contribution in [2.24, 2.45) is 0 Å². The summed E-state index contributed by atoms with van der Waals surface area (Å²) in [4.78, 5) is 25.8. The molecule has 2 N–H and O–H groups in total. The minimum Gasteiger partial charge on any atom is -0.478 e. The summed E-state index contributed by atoms with van der Waals surface area (Å²) < 4.78 is 0. The second-order valence-corrected chi connectivity index (χ2v) is 6.03. The van der Waals surface area contributed by atoms with Gasteiger partial charge in [0.1, 0.15) is 0 Å². The molecular formula is C19H20N2O3. The van der Waals surface area contributed by atoms with E-state index in [1.165, 1.54) is 23.3 Å². The molecule has 5 nitrogen and oxygen atoms in total. The number of hydrogen-bond acceptors (Lipinski definition) is 3. The van der Waals surface area contributed by atoms with E-state index in [0.29, 0.717) is 11.3 Å². The monoisotopic (exact) mass is 324 g/mol. The van der Waals surface area contributed by atoms with Gasteiger partial charge in [-0.2, -0.15) is 0 Å². The van der Waals surface area contributed by atoms with Crippen molar-refractivity contribution in [3.05, 3.63) is 64.7 Å². The Morgan fingerprint density at radius 3 is 2.62 bits per heavy atom. The molecule has 0 unspecified atom stereocenters. The Balaban J connectivity index is 1.74. The second-order valence-electron chi connectivity index (χ2n) is 6.03. The smallest absolute Gasteiger partial charge is 0.335 e. The van der Waals surface area contributed by atoms with E-state index >= 15 is 0 Å². The van der Waals surface area contributed by atoms with E-state index in [1.807, 2.05) is 18.2 Å². The van der Waals surface area contributed by atoms with Crippen LogP contribution in [0.3, 0.4) is 0 Å². The number of carbonyl (C=O) groups excluding carboxylic acids is 1. The van der Waals surface area contributed by atoms with Gasteiger partial charge in [0.2, 0.25) is 0 Å². The third-order valence-electron chi connectivity index (χ3n) is 4.16. The molecule has 2 aromatic carbocycles. The highest BCUT2D eigenvalue weighted by Crippen LogP contribution is 2.24. The lowest BCUT2D eigenvalue weighted by molar-refractivity contribution is 0.0696. The molecule has 0 radical (unpaired) electrons. The van der Waals surface area contributed by atoms with Crippen LogP contribution >= 0.6 is 0 Å². The molecule has 0 fully saturated rings. The third kappa shape index (κ3) is 3.46. The number of aromatic carboxylic acids is 1. The molecular weight excluding hydrogens is 304 g/mol. The van der Waals surface area contributed by atoms with Crippen molar-refractivity contribution in [1.29, 1.82) is 0 Å². The molecule has 0 aromatic heterocycles. The highest BCUT2D eigenvalue weighted by molar-refractivity contribution is 6.05. The zero-order valence-corrected chi connectivity index (χ0v) is 13.6. The van der Waals surface area contributed by atoms with Gasteiger partial charge in [-0.1, -0.05) is 19.1 Å². The number of amides is 1. The van der Waals surface area contributed by atoms with Crippen LogP contribution in [0, 0.1) is 0 Å². The van der Waals surface area contributed by atoms with E-state index in [-0.39, 0.29) is 11.5 Å². The molecule has 0 aliphatic carbocycles. The molecule has 1 heterocycles. The Kier molecular flexibility index (Phi) is 4.62. The van der Waals surface area contributed by atoms with Gasteiger partial charge in [0.25, 0.3) is 5.91 Å². The summed E-state index contributed by atoms with van der Waals surface area (Å²) in [6, 6.07) is 12.0. The van der Waals surface area contributed by atoms with E-state index in [4.69, 9.17) is 5.11 Å². The molecule has 1 amide bonds. The third-order valence-corrected chi connectivity index (χ3v) is 4.16. The van der Waals surface area contributed by atoms with Gasteiger partial charge in [0, 0.05) is 24.3 Å². The van der Waals surface area contributed by atoms with Gasteiger partial charge in [-0.15, -0.1) is 0 Å². The maximum atomic E-state index is 12.4. The van der Waals surface area contributed by atoms with Gasteiger partial charge < -0.3 is 10.4 Å². The Bertz CT molecular complexity index is 786. The molecule has 124 valence electrons. The molecule has 2 aromatic rings. The molecule has 1 aliphatic heterocycles. The Morgan fingerprint density at radius 2 is 1.88 bits per heavy atom. The van der Waals surface area contributed by atoms with Crippen LogP contribution < -0.4 is 5.32 Å². The fraction of sp³-hybridized carbons (Fsp3) is 0.263. The van der Waals surface area contributed by atoms with Crippen molar-refractivity contribution in [3.8, 4) is 0 Å². The highest BCUT2D eigenvalue weighted by Gasteiger charge is 2.19. The lowest BCUT2D eigenvalue weighted by atomic mass is 10.1. The van der Waals surface area contributed by atoms with Crippen LogP contribution in [0.5, 0.6) is 0 Å². The van der Waals surface area contributed by atoms with E-state index in [0.717, 1.165) is 26.1 Å². The van der Waals surface area contributed by atoms with Gasteiger partial charge in [0.05, 0.1) is 5.56 Å². The van der Waals surface area contributed by atoms with Crippen molar-refractivity contribution < 1.29 is 14.7 Å². The van der Waals surface area contributed by atoms with Crippen molar-refractivity contribution in [2.45, 2.75) is 26.4 Å². The predicted molar refractivity (Wildman–Crippen MR) is 92.2 cm³/mol. The molecule has 24 heavy (non-hydrogen) atoms. The second kappa shape index (κ2) is 6.84. The Hall–Kier alpha value is -2.66. The first-order valence-corrected chi connectivity index (χ1v) is 8.05. The molecule has 0 atom stereocenters.